The molecule has 1 saturated heterocycles. The number of carbonyl (C=O) groups is 2. The second-order valence-electron chi connectivity index (χ2n) is 8.37. The van der Waals surface area contributed by atoms with E-state index in [0.717, 1.165) is 48.3 Å². The Bertz CT molecular complexity index is 1100. The van der Waals surface area contributed by atoms with E-state index < -0.39 is 0 Å². The van der Waals surface area contributed by atoms with Crippen LogP contribution in [0.5, 0.6) is 0 Å². The molecule has 6 heteroatoms. The minimum Gasteiger partial charge on any atom is -0.336 e. The molecule has 0 unspecified atom stereocenters. The van der Waals surface area contributed by atoms with Gasteiger partial charge >= 0.3 is 0 Å². The van der Waals surface area contributed by atoms with Gasteiger partial charge in [-0.1, -0.05) is 37.3 Å². The Morgan fingerprint density at radius 2 is 1.78 bits per heavy atom. The van der Waals surface area contributed by atoms with E-state index in [1.54, 1.807) is 4.68 Å². The van der Waals surface area contributed by atoms with Crippen LogP contribution in [-0.2, 0) is 4.79 Å². The fraction of sp³-hybridized carbons (Fsp3) is 0.346. The van der Waals surface area contributed by atoms with Gasteiger partial charge in [0.15, 0.2) is 0 Å². The number of anilines is 1. The summed E-state index contributed by atoms with van der Waals surface area (Å²) < 4.78 is 1.74. The van der Waals surface area contributed by atoms with Crippen LogP contribution >= 0.6 is 0 Å². The molecular formula is C26H30N4O2. The van der Waals surface area contributed by atoms with Gasteiger partial charge in [-0.25, -0.2) is 4.68 Å². The summed E-state index contributed by atoms with van der Waals surface area (Å²) in [6, 6.07) is 17.7. The third kappa shape index (κ3) is 4.31. The fourth-order valence-corrected chi connectivity index (χ4v) is 4.55. The quantitative estimate of drug-likeness (QED) is 0.604. The van der Waals surface area contributed by atoms with Crippen molar-refractivity contribution < 1.29 is 9.59 Å². The van der Waals surface area contributed by atoms with Crippen LogP contribution in [0.15, 0.2) is 54.6 Å². The van der Waals surface area contributed by atoms with Crippen LogP contribution in [-0.4, -0.2) is 39.1 Å². The van der Waals surface area contributed by atoms with Gasteiger partial charge in [0.25, 0.3) is 5.91 Å². The van der Waals surface area contributed by atoms with Gasteiger partial charge < -0.3 is 10.2 Å². The lowest BCUT2D eigenvalue weighted by Gasteiger charge is -2.35. The monoisotopic (exact) mass is 430 g/mol. The van der Waals surface area contributed by atoms with Crippen LogP contribution in [0.1, 0.15) is 55.6 Å². The number of nitrogens with one attached hydrogen (secondary N) is 1. The lowest BCUT2D eigenvalue weighted by atomic mass is 9.99. The highest BCUT2D eigenvalue weighted by atomic mass is 16.2. The second kappa shape index (κ2) is 9.39. The Morgan fingerprint density at radius 1 is 1.06 bits per heavy atom. The van der Waals surface area contributed by atoms with Crippen molar-refractivity contribution in [1.29, 1.82) is 0 Å². The van der Waals surface area contributed by atoms with Crippen molar-refractivity contribution in [3.05, 3.63) is 65.9 Å². The molecule has 1 aliphatic heterocycles. The zero-order valence-corrected chi connectivity index (χ0v) is 19.0. The zero-order valence-electron chi connectivity index (χ0n) is 19.0. The van der Waals surface area contributed by atoms with Gasteiger partial charge in [0.1, 0.15) is 5.82 Å². The molecule has 166 valence electrons. The minimum absolute atomic E-state index is 0.0896. The molecule has 0 aliphatic carbocycles. The molecule has 0 saturated carbocycles. The van der Waals surface area contributed by atoms with Crippen LogP contribution in [0.25, 0.3) is 16.8 Å². The maximum Gasteiger partial charge on any atom is 0.254 e. The van der Waals surface area contributed by atoms with Crippen LogP contribution < -0.4 is 5.32 Å². The molecule has 1 fully saturated rings. The topological polar surface area (TPSA) is 67.2 Å². The summed E-state index contributed by atoms with van der Waals surface area (Å²) in [6.07, 6.45) is 4.32. The minimum atomic E-state index is -0.161. The van der Waals surface area contributed by atoms with Crippen LogP contribution in [0.2, 0.25) is 0 Å². The lowest BCUT2D eigenvalue weighted by molar-refractivity contribution is -0.114. The fourth-order valence-electron chi connectivity index (χ4n) is 4.55. The lowest BCUT2D eigenvalue weighted by Crippen LogP contribution is -2.43. The van der Waals surface area contributed by atoms with Gasteiger partial charge in [-0.15, -0.1) is 0 Å². The van der Waals surface area contributed by atoms with E-state index in [2.05, 4.69) is 12.2 Å². The SMILES string of the molecule is CC[C@@H]1CCCCN1C(=O)c1ccc(-n2nc(C)c(-c3ccccc3)c2NC(C)=O)cc1. The number of benzene rings is 2. The number of hydrogen-bond acceptors (Lipinski definition) is 3. The molecule has 2 aromatic carbocycles. The van der Waals surface area contributed by atoms with Gasteiger partial charge in [0, 0.05) is 30.6 Å². The number of carbonyl (C=O) groups excluding carboxylic acids is 2. The Morgan fingerprint density at radius 3 is 2.44 bits per heavy atom. The highest BCUT2D eigenvalue weighted by Crippen LogP contribution is 2.33. The molecule has 0 radical (unpaired) electrons. The summed E-state index contributed by atoms with van der Waals surface area (Å²) in [7, 11) is 0. The average Bonchev–Trinajstić information content (AvgIpc) is 3.14. The summed E-state index contributed by atoms with van der Waals surface area (Å²) in [6.45, 7) is 6.40. The molecule has 32 heavy (non-hydrogen) atoms. The van der Waals surface area contributed by atoms with E-state index in [-0.39, 0.29) is 11.8 Å². The molecule has 2 amide bonds. The molecule has 0 spiro atoms. The summed E-state index contributed by atoms with van der Waals surface area (Å²) in [5.74, 6) is 0.556. The van der Waals surface area contributed by atoms with Crippen molar-refractivity contribution >= 4 is 17.6 Å². The molecule has 4 rings (SSSR count). The van der Waals surface area contributed by atoms with Crippen LogP contribution in [0, 0.1) is 6.92 Å². The summed E-state index contributed by atoms with van der Waals surface area (Å²) in [5.41, 5.74) is 4.17. The summed E-state index contributed by atoms with van der Waals surface area (Å²) in [4.78, 5) is 27.1. The third-order valence-electron chi connectivity index (χ3n) is 6.14. The Balaban J connectivity index is 1.68. The standard InChI is InChI=1S/C26H30N4O2/c1-4-22-12-8-9-17-29(22)26(32)21-13-15-23(16-14-21)30-25(27-19(3)31)24(18(2)28-30)20-10-6-5-7-11-20/h5-7,10-11,13-16,22H,4,8-9,12,17H2,1-3H3,(H,27,31)/t22-/m1/s1. The number of nitrogens with zero attached hydrogens (tertiary/aromatic N) is 3. The number of rotatable bonds is 5. The molecular weight excluding hydrogens is 400 g/mol. The molecule has 3 aromatic rings. The normalized spacial score (nSPS) is 16.1. The number of aryl methyl sites for hydroxylation is 1. The highest BCUT2D eigenvalue weighted by molar-refractivity contribution is 5.95. The summed E-state index contributed by atoms with van der Waals surface area (Å²) in [5, 5.41) is 7.66. The number of amides is 2. The molecule has 1 aliphatic rings. The van der Waals surface area contributed by atoms with Gasteiger partial charge in [-0.3, -0.25) is 9.59 Å². The van der Waals surface area contributed by atoms with Crippen molar-refractivity contribution in [2.45, 2.75) is 52.5 Å². The second-order valence-corrected chi connectivity index (χ2v) is 8.37. The Hall–Kier alpha value is -3.41. The van der Waals surface area contributed by atoms with E-state index in [1.807, 2.05) is 66.4 Å². The molecule has 6 nitrogen and oxygen atoms in total. The molecule has 1 atom stereocenters. The van der Waals surface area contributed by atoms with Crippen molar-refractivity contribution in [2.24, 2.45) is 0 Å². The smallest absolute Gasteiger partial charge is 0.254 e. The molecule has 0 bridgehead atoms. The van der Waals surface area contributed by atoms with E-state index >= 15 is 0 Å². The molecule has 1 N–H and O–H groups in total. The predicted octanol–water partition coefficient (Wildman–Crippen LogP) is 5.21. The maximum atomic E-state index is 13.1. The van der Waals surface area contributed by atoms with Gasteiger partial charge in [0.05, 0.1) is 11.4 Å². The van der Waals surface area contributed by atoms with Gasteiger partial charge in [-0.2, -0.15) is 5.10 Å². The van der Waals surface area contributed by atoms with Crippen molar-refractivity contribution in [3.8, 4) is 16.8 Å². The van der Waals surface area contributed by atoms with E-state index in [4.69, 9.17) is 5.10 Å². The van der Waals surface area contributed by atoms with Gasteiger partial charge in [0.2, 0.25) is 5.91 Å². The predicted molar refractivity (Wildman–Crippen MR) is 127 cm³/mol. The first-order chi connectivity index (χ1) is 15.5. The number of hydrogen-bond donors (Lipinski definition) is 1. The average molecular weight is 431 g/mol. The van der Waals surface area contributed by atoms with Crippen molar-refractivity contribution in [2.75, 3.05) is 11.9 Å². The first kappa shape index (κ1) is 21.8. The number of piperidine rings is 1. The van der Waals surface area contributed by atoms with Gasteiger partial charge in [-0.05, 0) is 62.4 Å². The van der Waals surface area contributed by atoms with Crippen LogP contribution in [0.3, 0.4) is 0 Å². The van der Waals surface area contributed by atoms with E-state index in [0.29, 0.717) is 17.4 Å². The highest BCUT2D eigenvalue weighted by Gasteiger charge is 2.26. The molecule has 2 heterocycles. The van der Waals surface area contributed by atoms with E-state index in [1.165, 1.54) is 13.3 Å². The van der Waals surface area contributed by atoms with Crippen molar-refractivity contribution in [1.82, 2.24) is 14.7 Å². The summed E-state index contributed by atoms with van der Waals surface area (Å²) >= 11 is 0. The maximum absolute atomic E-state index is 13.1. The van der Waals surface area contributed by atoms with Crippen molar-refractivity contribution in [3.63, 3.8) is 0 Å². The Kier molecular flexibility index (Phi) is 6.40. The van der Waals surface area contributed by atoms with E-state index in [9.17, 15) is 9.59 Å². The number of likely N-dealkylation sites (tertiary alicyclic amines) is 1. The largest absolute Gasteiger partial charge is 0.336 e. The first-order valence-corrected chi connectivity index (χ1v) is 11.3. The Labute approximate surface area is 189 Å². The zero-order chi connectivity index (χ0) is 22.7. The molecule has 1 aromatic heterocycles. The first-order valence-electron chi connectivity index (χ1n) is 11.3. The number of aromatic nitrogens is 2. The van der Waals surface area contributed by atoms with Crippen LogP contribution in [0.4, 0.5) is 5.82 Å². The third-order valence-corrected chi connectivity index (χ3v) is 6.14.